The highest BCUT2D eigenvalue weighted by Crippen LogP contribution is 2.13. The molecule has 0 aromatic carbocycles. The first-order valence-electron chi connectivity index (χ1n) is 6.24. The molecule has 3 atom stereocenters. The fourth-order valence-electron chi connectivity index (χ4n) is 2.27. The van der Waals surface area contributed by atoms with Gasteiger partial charge in [-0.05, 0) is 27.8 Å². The quantitative estimate of drug-likeness (QED) is 0.742. The van der Waals surface area contributed by atoms with Gasteiger partial charge < -0.3 is 9.84 Å². The molecule has 0 radical (unpaired) electrons. The fraction of sp³-hybridized carbons (Fsp3) is 1.00. The molecule has 16 heavy (non-hydrogen) atoms. The van der Waals surface area contributed by atoms with Gasteiger partial charge in [0, 0.05) is 38.3 Å². The summed E-state index contributed by atoms with van der Waals surface area (Å²) >= 11 is 0. The monoisotopic (exact) mass is 230 g/mol. The molecule has 3 unspecified atom stereocenters. The van der Waals surface area contributed by atoms with E-state index >= 15 is 0 Å². The predicted molar refractivity (Wildman–Crippen MR) is 65.6 cm³/mol. The highest BCUT2D eigenvalue weighted by atomic mass is 16.5. The first-order valence-corrected chi connectivity index (χ1v) is 6.24. The zero-order chi connectivity index (χ0) is 12.1. The van der Waals surface area contributed by atoms with Gasteiger partial charge in [0.2, 0.25) is 0 Å². The Kier molecular flexibility index (Phi) is 5.69. The molecule has 1 fully saturated rings. The lowest BCUT2D eigenvalue weighted by Gasteiger charge is -2.43. The van der Waals surface area contributed by atoms with Gasteiger partial charge >= 0.3 is 0 Å². The third kappa shape index (κ3) is 4.01. The smallest absolute Gasteiger partial charge is 0.0900 e. The van der Waals surface area contributed by atoms with Crippen LogP contribution in [0.2, 0.25) is 0 Å². The van der Waals surface area contributed by atoms with Crippen molar-refractivity contribution < 1.29 is 9.84 Å². The van der Waals surface area contributed by atoms with Crippen LogP contribution in [0.3, 0.4) is 0 Å². The van der Waals surface area contributed by atoms with Gasteiger partial charge in [-0.25, -0.2) is 0 Å². The molecule has 1 saturated heterocycles. The topological polar surface area (TPSA) is 35.9 Å². The maximum absolute atomic E-state index is 9.79. The van der Waals surface area contributed by atoms with Gasteiger partial charge in [-0.2, -0.15) is 0 Å². The Morgan fingerprint density at radius 2 is 1.88 bits per heavy atom. The first-order chi connectivity index (χ1) is 7.54. The number of ether oxygens (including phenoxy) is 1. The van der Waals surface area contributed by atoms with Crippen LogP contribution < -0.4 is 0 Å². The Labute approximate surface area is 99.2 Å². The summed E-state index contributed by atoms with van der Waals surface area (Å²) in [6.45, 7) is 10.3. The number of β-amino-alcohol motifs (C(OH)–C–C–N with tert-alkyl or cyclic N) is 1. The Bertz CT molecular complexity index is 189. The van der Waals surface area contributed by atoms with Crippen LogP contribution in [0.4, 0.5) is 0 Å². The van der Waals surface area contributed by atoms with Crippen molar-refractivity contribution in [1.82, 2.24) is 9.80 Å². The summed E-state index contributed by atoms with van der Waals surface area (Å²) in [6, 6.07) is 1.12. The SMILES string of the molecule is CCOCC(O)CN1CC(C)N(C)C(C)C1. The van der Waals surface area contributed by atoms with Crippen molar-refractivity contribution in [3.63, 3.8) is 0 Å². The highest BCUT2D eigenvalue weighted by molar-refractivity contribution is 4.83. The van der Waals surface area contributed by atoms with Crippen LogP contribution in [0.25, 0.3) is 0 Å². The molecule has 0 bridgehead atoms. The Balaban J connectivity index is 2.32. The Morgan fingerprint density at radius 1 is 1.31 bits per heavy atom. The second kappa shape index (κ2) is 6.55. The third-order valence-corrected chi connectivity index (χ3v) is 3.42. The van der Waals surface area contributed by atoms with Crippen LogP contribution in [0.15, 0.2) is 0 Å². The number of nitrogens with zero attached hydrogens (tertiary/aromatic N) is 2. The van der Waals surface area contributed by atoms with Gasteiger partial charge in [0.15, 0.2) is 0 Å². The third-order valence-electron chi connectivity index (χ3n) is 3.42. The standard InChI is InChI=1S/C12H26N2O2/c1-5-16-9-12(15)8-14-6-10(2)13(4)11(3)7-14/h10-12,15H,5-9H2,1-4H3. The lowest BCUT2D eigenvalue weighted by atomic mass is 10.1. The summed E-state index contributed by atoms with van der Waals surface area (Å²) < 4.78 is 5.22. The van der Waals surface area contributed by atoms with Crippen LogP contribution in [-0.2, 0) is 4.74 Å². The molecule has 0 aromatic rings. The first kappa shape index (κ1) is 13.9. The van der Waals surface area contributed by atoms with Gasteiger partial charge in [0.1, 0.15) is 0 Å². The molecule has 1 aliphatic heterocycles. The molecule has 0 amide bonds. The van der Waals surface area contributed by atoms with E-state index in [0.717, 1.165) is 19.6 Å². The molecule has 1 N–H and O–H groups in total. The maximum Gasteiger partial charge on any atom is 0.0900 e. The Hall–Kier alpha value is -0.160. The van der Waals surface area contributed by atoms with Gasteiger partial charge in [0.25, 0.3) is 0 Å². The second-order valence-corrected chi connectivity index (χ2v) is 4.90. The molecule has 0 saturated carbocycles. The van der Waals surface area contributed by atoms with Crippen molar-refractivity contribution in [1.29, 1.82) is 0 Å². The average molecular weight is 230 g/mol. The van der Waals surface area contributed by atoms with Gasteiger partial charge in [-0.3, -0.25) is 9.80 Å². The van der Waals surface area contributed by atoms with E-state index in [9.17, 15) is 5.11 Å². The number of aliphatic hydroxyl groups is 1. The van der Waals surface area contributed by atoms with E-state index in [2.05, 4.69) is 30.7 Å². The van der Waals surface area contributed by atoms with Crippen molar-refractivity contribution in [3.05, 3.63) is 0 Å². The number of aliphatic hydroxyl groups excluding tert-OH is 1. The van der Waals surface area contributed by atoms with Gasteiger partial charge in [0.05, 0.1) is 12.7 Å². The molecule has 1 rings (SSSR count). The summed E-state index contributed by atoms with van der Waals surface area (Å²) in [4.78, 5) is 4.73. The summed E-state index contributed by atoms with van der Waals surface area (Å²) in [5.41, 5.74) is 0. The fourth-order valence-corrected chi connectivity index (χ4v) is 2.27. The van der Waals surface area contributed by atoms with Crippen molar-refractivity contribution in [2.24, 2.45) is 0 Å². The molecule has 4 nitrogen and oxygen atoms in total. The molecule has 1 aliphatic rings. The van der Waals surface area contributed by atoms with E-state index < -0.39 is 0 Å². The number of hydrogen-bond donors (Lipinski definition) is 1. The number of likely N-dealkylation sites (N-methyl/N-ethyl adjacent to an activating group) is 1. The molecule has 96 valence electrons. The molecular weight excluding hydrogens is 204 g/mol. The van der Waals surface area contributed by atoms with Crippen LogP contribution in [0.5, 0.6) is 0 Å². The molecule has 4 heteroatoms. The minimum Gasteiger partial charge on any atom is -0.389 e. The highest BCUT2D eigenvalue weighted by Gasteiger charge is 2.27. The van der Waals surface area contributed by atoms with E-state index in [-0.39, 0.29) is 6.10 Å². The van der Waals surface area contributed by atoms with E-state index in [4.69, 9.17) is 4.74 Å². The number of hydrogen-bond acceptors (Lipinski definition) is 4. The summed E-state index contributed by atoms with van der Waals surface area (Å²) in [6.07, 6.45) is -0.359. The predicted octanol–water partition coefficient (Wildman–Crippen LogP) is 0.408. The second-order valence-electron chi connectivity index (χ2n) is 4.90. The summed E-state index contributed by atoms with van der Waals surface area (Å²) in [5, 5.41) is 9.79. The molecule has 0 spiro atoms. The zero-order valence-electron chi connectivity index (χ0n) is 11.0. The van der Waals surface area contributed by atoms with Crippen molar-refractivity contribution in [2.75, 3.05) is 39.9 Å². The molecule has 1 heterocycles. The van der Waals surface area contributed by atoms with Crippen LogP contribution in [0, 0.1) is 0 Å². The lowest BCUT2D eigenvalue weighted by Crippen LogP contribution is -2.56. The molecule has 0 aliphatic carbocycles. The van der Waals surface area contributed by atoms with Crippen molar-refractivity contribution in [3.8, 4) is 0 Å². The van der Waals surface area contributed by atoms with E-state index in [1.165, 1.54) is 0 Å². The van der Waals surface area contributed by atoms with Crippen LogP contribution in [0.1, 0.15) is 20.8 Å². The van der Waals surface area contributed by atoms with E-state index in [0.29, 0.717) is 25.3 Å². The lowest BCUT2D eigenvalue weighted by molar-refractivity contribution is -0.00629. The minimum absolute atomic E-state index is 0.359. The van der Waals surface area contributed by atoms with E-state index in [1.54, 1.807) is 0 Å². The minimum atomic E-state index is -0.359. The molecular formula is C12H26N2O2. The largest absolute Gasteiger partial charge is 0.389 e. The average Bonchev–Trinajstić information content (AvgIpc) is 2.23. The summed E-state index contributed by atoms with van der Waals surface area (Å²) in [5.74, 6) is 0. The van der Waals surface area contributed by atoms with Gasteiger partial charge in [-0.15, -0.1) is 0 Å². The van der Waals surface area contributed by atoms with E-state index in [1.807, 2.05) is 6.92 Å². The van der Waals surface area contributed by atoms with Crippen molar-refractivity contribution >= 4 is 0 Å². The molecule has 0 aromatic heterocycles. The normalized spacial score (nSPS) is 30.6. The van der Waals surface area contributed by atoms with Crippen molar-refractivity contribution in [2.45, 2.75) is 39.0 Å². The zero-order valence-corrected chi connectivity index (χ0v) is 11.0. The summed E-state index contributed by atoms with van der Waals surface area (Å²) in [7, 11) is 2.17. The van der Waals surface area contributed by atoms with Crippen LogP contribution >= 0.6 is 0 Å². The number of piperazine rings is 1. The number of rotatable bonds is 5. The van der Waals surface area contributed by atoms with Crippen LogP contribution in [-0.4, -0.2) is 73.0 Å². The van der Waals surface area contributed by atoms with Gasteiger partial charge in [-0.1, -0.05) is 0 Å². The Morgan fingerprint density at radius 3 is 2.38 bits per heavy atom. The maximum atomic E-state index is 9.79.